The number of amides is 1. The van der Waals surface area contributed by atoms with Crippen molar-refractivity contribution >= 4 is 33.5 Å². The van der Waals surface area contributed by atoms with Crippen LogP contribution in [0.25, 0.3) is 0 Å². The summed E-state index contributed by atoms with van der Waals surface area (Å²) in [6.45, 7) is 0. The number of halogens is 1. The zero-order valence-electron chi connectivity index (χ0n) is 11.8. The minimum atomic E-state index is -1.32. The van der Waals surface area contributed by atoms with Crippen LogP contribution in [0.15, 0.2) is 53.0 Å². The molecule has 2 aromatic rings. The van der Waals surface area contributed by atoms with Crippen LogP contribution in [0.3, 0.4) is 0 Å². The molecule has 0 saturated carbocycles. The van der Waals surface area contributed by atoms with Gasteiger partial charge in [-0.3, -0.25) is 4.79 Å². The first-order valence-electron chi connectivity index (χ1n) is 6.91. The summed E-state index contributed by atoms with van der Waals surface area (Å²) in [6, 6.07) is 14.5. The Balaban J connectivity index is 1.91. The minimum absolute atomic E-state index is 0.0363. The summed E-state index contributed by atoms with van der Waals surface area (Å²) in [5, 5.41) is 13.7. The molecule has 0 aliphatic carbocycles. The Morgan fingerprint density at radius 2 is 1.82 bits per heavy atom. The van der Waals surface area contributed by atoms with Crippen molar-refractivity contribution in [1.29, 1.82) is 0 Å². The van der Waals surface area contributed by atoms with Gasteiger partial charge in [-0.05, 0) is 36.6 Å². The van der Waals surface area contributed by atoms with Gasteiger partial charge >= 0.3 is 0 Å². The van der Waals surface area contributed by atoms with Crippen molar-refractivity contribution in [3.05, 3.63) is 64.1 Å². The van der Waals surface area contributed by atoms with Crippen LogP contribution in [0, 0.1) is 0 Å². The Hall–Kier alpha value is -2.14. The largest absolute Gasteiger partial charge is 0.545 e. The van der Waals surface area contributed by atoms with Crippen LogP contribution in [0.1, 0.15) is 28.8 Å². The third kappa shape index (κ3) is 4.70. The highest BCUT2D eigenvalue weighted by atomic mass is 79.9. The second kappa shape index (κ2) is 7.75. The van der Waals surface area contributed by atoms with Gasteiger partial charge in [0.05, 0.1) is 5.97 Å². The molecule has 1 amide bonds. The number of carboxylic acids is 1. The average Bonchev–Trinajstić information content (AvgIpc) is 2.50. The molecule has 5 heteroatoms. The number of hydrogen-bond donors (Lipinski definition) is 1. The van der Waals surface area contributed by atoms with E-state index >= 15 is 0 Å². The van der Waals surface area contributed by atoms with Gasteiger partial charge < -0.3 is 15.2 Å². The van der Waals surface area contributed by atoms with Crippen molar-refractivity contribution in [2.45, 2.75) is 19.3 Å². The lowest BCUT2D eigenvalue weighted by Crippen LogP contribution is -2.24. The first kappa shape index (κ1) is 16.2. The topological polar surface area (TPSA) is 69.2 Å². The molecule has 0 radical (unpaired) electrons. The number of carbonyl (C=O) groups is 2. The number of hydrogen-bond acceptors (Lipinski definition) is 3. The van der Waals surface area contributed by atoms with Crippen molar-refractivity contribution in [2.24, 2.45) is 0 Å². The molecular weight excluding hydrogens is 346 g/mol. The van der Waals surface area contributed by atoms with E-state index < -0.39 is 5.97 Å². The highest BCUT2D eigenvalue weighted by Crippen LogP contribution is 2.21. The van der Waals surface area contributed by atoms with Crippen LogP contribution in [-0.4, -0.2) is 11.9 Å². The maximum absolute atomic E-state index is 11.9. The molecular formula is C17H15BrNO3-. The van der Waals surface area contributed by atoms with Crippen molar-refractivity contribution in [2.75, 3.05) is 5.32 Å². The Labute approximate surface area is 137 Å². The number of aromatic carboxylic acids is 1. The fourth-order valence-electron chi connectivity index (χ4n) is 2.10. The summed E-state index contributed by atoms with van der Waals surface area (Å²) in [5.41, 5.74) is 1.40. The van der Waals surface area contributed by atoms with Gasteiger partial charge in [-0.25, -0.2) is 0 Å². The van der Waals surface area contributed by atoms with Crippen LogP contribution < -0.4 is 10.4 Å². The van der Waals surface area contributed by atoms with Gasteiger partial charge in [0, 0.05) is 22.1 Å². The van der Waals surface area contributed by atoms with E-state index in [9.17, 15) is 14.7 Å². The molecule has 2 aromatic carbocycles. The Morgan fingerprint density at radius 3 is 2.50 bits per heavy atom. The number of carbonyl (C=O) groups excluding carboxylic acids is 2. The second-order valence-corrected chi connectivity index (χ2v) is 5.78. The zero-order chi connectivity index (χ0) is 15.9. The van der Waals surface area contributed by atoms with E-state index in [0.717, 1.165) is 6.42 Å². The molecule has 4 nitrogen and oxygen atoms in total. The molecule has 0 aliphatic heterocycles. The third-order valence-corrected chi connectivity index (χ3v) is 3.68. The highest BCUT2D eigenvalue weighted by molar-refractivity contribution is 9.10. The number of benzene rings is 2. The summed E-state index contributed by atoms with van der Waals surface area (Å²) in [5.74, 6) is -1.53. The lowest BCUT2D eigenvalue weighted by molar-refractivity contribution is -0.254. The highest BCUT2D eigenvalue weighted by Gasteiger charge is 2.08. The smallest absolute Gasteiger partial charge is 0.224 e. The van der Waals surface area contributed by atoms with Crippen LogP contribution in [0.4, 0.5) is 5.69 Å². The van der Waals surface area contributed by atoms with Crippen molar-refractivity contribution in [3.8, 4) is 0 Å². The quantitative estimate of drug-likeness (QED) is 0.860. The Morgan fingerprint density at radius 1 is 1.09 bits per heavy atom. The Bertz CT molecular complexity index is 671. The SMILES string of the molecule is O=C(CCCc1ccccc1)Nc1ccc(Br)cc1C(=O)[O-]. The summed E-state index contributed by atoms with van der Waals surface area (Å²) in [4.78, 5) is 23.0. The molecule has 0 saturated heterocycles. The van der Waals surface area contributed by atoms with Crippen LogP contribution in [0.5, 0.6) is 0 Å². The Kier molecular flexibility index (Phi) is 5.72. The van der Waals surface area contributed by atoms with Gasteiger partial charge in [0.25, 0.3) is 0 Å². The maximum atomic E-state index is 11.9. The van der Waals surface area contributed by atoms with Gasteiger partial charge in [0.2, 0.25) is 5.91 Å². The molecule has 0 aliphatic rings. The summed E-state index contributed by atoms with van der Waals surface area (Å²) in [6.07, 6.45) is 1.84. The molecule has 0 spiro atoms. The number of nitrogens with one attached hydrogen (secondary N) is 1. The predicted octanol–water partition coefficient (Wildman–Crippen LogP) is 2.77. The van der Waals surface area contributed by atoms with Gasteiger partial charge in [-0.2, -0.15) is 0 Å². The molecule has 0 fully saturated rings. The first-order chi connectivity index (χ1) is 10.6. The number of aryl methyl sites for hydroxylation is 1. The molecule has 22 heavy (non-hydrogen) atoms. The molecule has 0 heterocycles. The molecule has 0 atom stereocenters. The van der Waals surface area contributed by atoms with E-state index in [-0.39, 0.29) is 17.2 Å². The standard InChI is InChI=1S/C17H16BrNO3/c18-13-9-10-15(14(11-13)17(21)22)19-16(20)8-4-7-12-5-2-1-3-6-12/h1-3,5-6,9-11H,4,7-8H2,(H,19,20)(H,21,22)/p-1. The number of carboxylic acid groups (broad SMARTS) is 1. The van der Waals surface area contributed by atoms with E-state index in [0.29, 0.717) is 17.3 Å². The van der Waals surface area contributed by atoms with Gasteiger partial charge in [0.15, 0.2) is 0 Å². The van der Waals surface area contributed by atoms with Gasteiger partial charge in [0.1, 0.15) is 0 Å². The third-order valence-electron chi connectivity index (χ3n) is 3.19. The van der Waals surface area contributed by atoms with E-state index in [1.54, 1.807) is 12.1 Å². The van der Waals surface area contributed by atoms with Crippen molar-refractivity contribution in [3.63, 3.8) is 0 Å². The molecule has 114 valence electrons. The lowest BCUT2D eigenvalue weighted by atomic mass is 10.1. The van der Waals surface area contributed by atoms with Crippen molar-refractivity contribution in [1.82, 2.24) is 0 Å². The van der Waals surface area contributed by atoms with Crippen LogP contribution >= 0.6 is 15.9 Å². The molecule has 0 aromatic heterocycles. The number of anilines is 1. The van der Waals surface area contributed by atoms with E-state index in [1.165, 1.54) is 11.6 Å². The molecule has 2 rings (SSSR count). The normalized spacial score (nSPS) is 10.2. The fraction of sp³-hybridized carbons (Fsp3) is 0.176. The van der Waals surface area contributed by atoms with E-state index in [4.69, 9.17) is 0 Å². The van der Waals surface area contributed by atoms with Crippen LogP contribution in [0.2, 0.25) is 0 Å². The summed E-state index contributed by atoms with van der Waals surface area (Å²) >= 11 is 3.19. The monoisotopic (exact) mass is 360 g/mol. The summed E-state index contributed by atoms with van der Waals surface area (Å²) < 4.78 is 0.619. The number of rotatable bonds is 6. The zero-order valence-corrected chi connectivity index (χ0v) is 13.4. The molecule has 0 bridgehead atoms. The van der Waals surface area contributed by atoms with E-state index in [2.05, 4.69) is 21.2 Å². The first-order valence-corrected chi connectivity index (χ1v) is 7.70. The summed E-state index contributed by atoms with van der Waals surface area (Å²) in [7, 11) is 0. The predicted molar refractivity (Wildman–Crippen MR) is 86.5 cm³/mol. The molecule has 1 N–H and O–H groups in total. The van der Waals surface area contributed by atoms with Crippen LogP contribution in [-0.2, 0) is 11.2 Å². The minimum Gasteiger partial charge on any atom is -0.545 e. The average molecular weight is 361 g/mol. The van der Waals surface area contributed by atoms with Crippen molar-refractivity contribution < 1.29 is 14.7 Å². The molecule has 0 unspecified atom stereocenters. The lowest BCUT2D eigenvalue weighted by Gasteiger charge is -2.12. The van der Waals surface area contributed by atoms with Gasteiger partial charge in [-0.15, -0.1) is 0 Å². The second-order valence-electron chi connectivity index (χ2n) is 4.86. The maximum Gasteiger partial charge on any atom is 0.224 e. The van der Waals surface area contributed by atoms with E-state index in [1.807, 2.05) is 30.3 Å². The van der Waals surface area contributed by atoms with Gasteiger partial charge in [-0.1, -0.05) is 46.3 Å². The fourth-order valence-corrected chi connectivity index (χ4v) is 2.47.